The fraction of sp³-hybridized carbons (Fsp3) is 0.700. The fourth-order valence-corrected chi connectivity index (χ4v) is 1.66. The van der Waals surface area contributed by atoms with E-state index in [1.165, 1.54) is 7.11 Å². The Morgan fingerprint density at radius 2 is 2.25 bits per heavy atom. The topological polar surface area (TPSA) is 74.5 Å². The number of nitrogens with zero attached hydrogens (tertiary/aromatic N) is 2. The van der Waals surface area contributed by atoms with Gasteiger partial charge in [0.15, 0.2) is 5.82 Å². The van der Waals surface area contributed by atoms with Crippen LogP contribution in [-0.4, -0.2) is 36.4 Å². The monoisotopic (exact) mass is 226 g/mol. The van der Waals surface area contributed by atoms with Gasteiger partial charge in [0, 0.05) is 19.1 Å². The average molecular weight is 226 g/mol. The van der Waals surface area contributed by atoms with Gasteiger partial charge < -0.3 is 14.0 Å². The molecule has 0 unspecified atom stereocenters. The summed E-state index contributed by atoms with van der Waals surface area (Å²) in [5, 5.41) is 3.88. The van der Waals surface area contributed by atoms with E-state index in [0.29, 0.717) is 11.7 Å². The van der Waals surface area contributed by atoms with Crippen LogP contribution in [0.25, 0.3) is 0 Å². The molecule has 0 spiro atoms. The van der Waals surface area contributed by atoms with Crippen molar-refractivity contribution in [3.63, 3.8) is 0 Å². The number of carbonyl (C=O) groups excluding carboxylic acids is 1. The Hall–Kier alpha value is -1.43. The molecule has 0 aliphatic carbocycles. The number of methoxy groups -OCH3 is 1. The number of hydrogen-bond donors (Lipinski definition) is 0. The lowest BCUT2D eigenvalue weighted by Gasteiger charge is -2.18. The second-order valence-corrected chi connectivity index (χ2v) is 3.69. The van der Waals surface area contributed by atoms with E-state index in [0.717, 1.165) is 26.1 Å². The molecule has 1 aromatic rings. The molecule has 0 amide bonds. The molecule has 1 saturated heterocycles. The molecule has 16 heavy (non-hydrogen) atoms. The first kappa shape index (κ1) is 11.1. The molecule has 0 N–H and O–H groups in total. The third-order valence-electron chi connectivity index (χ3n) is 2.59. The number of esters is 1. The molecule has 6 nitrogen and oxygen atoms in total. The lowest BCUT2D eigenvalue weighted by atomic mass is 10.00. The Balaban J connectivity index is 1.98. The van der Waals surface area contributed by atoms with Gasteiger partial charge in [-0.25, -0.2) is 0 Å². The van der Waals surface area contributed by atoms with Gasteiger partial charge >= 0.3 is 5.97 Å². The van der Waals surface area contributed by atoms with E-state index >= 15 is 0 Å². The third kappa shape index (κ3) is 2.57. The van der Waals surface area contributed by atoms with Crippen molar-refractivity contribution in [2.24, 2.45) is 0 Å². The maximum atomic E-state index is 11.0. The minimum atomic E-state index is -0.373. The third-order valence-corrected chi connectivity index (χ3v) is 2.59. The smallest absolute Gasteiger partial charge is 0.315 e. The van der Waals surface area contributed by atoms with Crippen LogP contribution in [0.3, 0.4) is 0 Å². The first-order valence-electron chi connectivity index (χ1n) is 5.26. The van der Waals surface area contributed by atoms with Crippen molar-refractivity contribution in [2.45, 2.75) is 25.2 Å². The molecule has 2 rings (SSSR count). The van der Waals surface area contributed by atoms with Gasteiger partial charge in [-0.15, -0.1) is 0 Å². The lowest BCUT2D eigenvalue weighted by Crippen LogP contribution is -2.15. The summed E-state index contributed by atoms with van der Waals surface area (Å²) in [5.74, 6) is 0.890. The number of carbonyl (C=O) groups is 1. The van der Waals surface area contributed by atoms with Gasteiger partial charge in [-0.05, 0) is 12.8 Å². The van der Waals surface area contributed by atoms with Crippen molar-refractivity contribution in [1.82, 2.24) is 10.1 Å². The quantitative estimate of drug-likeness (QED) is 0.705. The van der Waals surface area contributed by atoms with Gasteiger partial charge in [0.2, 0.25) is 5.89 Å². The van der Waals surface area contributed by atoms with Crippen LogP contribution >= 0.6 is 0 Å². The molecule has 1 fully saturated rings. The van der Waals surface area contributed by atoms with Crippen LogP contribution in [0.15, 0.2) is 4.52 Å². The highest BCUT2D eigenvalue weighted by atomic mass is 16.5. The summed E-state index contributed by atoms with van der Waals surface area (Å²) in [5.41, 5.74) is 0. The van der Waals surface area contributed by atoms with Crippen LogP contribution < -0.4 is 0 Å². The van der Waals surface area contributed by atoms with E-state index in [-0.39, 0.29) is 18.3 Å². The fourth-order valence-electron chi connectivity index (χ4n) is 1.66. The molecule has 1 aliphatic rings. The second kappa shape index (κ2) is 5.07. The van der Waals surface area contributed by atoms with Gasteiger partial charge in [0.25, 0.3) is 0 Å². The number of ether oxygens (including phenoxy) is 2. The summed E-state index contributed by atoms with van der Waals surface area (Å²) in [6, 6.07) is 0. The Bertz CT molecular complexity index is 357. The molecule has 2 heterocycles. The normalized spacial score (nSPS) is 17.3. The van der Waals surface area contributed by atoms with E-state index in [1.54, 1.807) is 0 Å². The number of hydrogen-bond acceptors (Lipinski definition) is 6. The largest absolute Gasteiger partial charge is 0.469 e. The summed E-state index contributed by atoms with van der Waals surface area (Å²) >= 11 is 0. The zero-order chi connectivity index (χ0) is 11.4. The zero-order valence-electron chi connectivity index (χ0n) is 9.14. The molecule has 88 valence electrons. The van der Waals surface area contributed by atoms with E-state index in [4.69, 9.17) is 9.26 Å². The van der Waals surface area contributed by atoms with Gasteiger partial charge in [-0.3, -0.25) is 4.79 Å². The van der Waals surface area contributed by atoms with E-state index < -0.39 is 0 Å². The molecular formula is C10H14N2O4. The van der Waals surface area contributed by atoms with Crippen molar-refractivity contribution in [3.8, 4) is 0 Å². The van der Waals surface area contributed by atoms with Crippen LogP contribution in [-0.2, 0) is 20.7 Å². The van der Waals surface area contributed by atoms with Gasteiger partial charge in [0.05, 0.1) is 7.11 Å². The van der Waals surface area contributed by atoms with Gasteiger partial charge in [-0.2, -0.15) is 4.98 Å². The maximum Gasteiger partial charge on any atom is 0.315 e. The van der Waals surface area contributed by atoms with Crippen LogP contribution in [0, 0.1) is 0 Å². The van der Waals surface area contributed by atoms with Crippen LogP contribution in [0.5, 0.6) is 0 Å². The second-order valence-electron chi connectivity index (χ2n) is 3.69. The molecular weight excluding hydrogens is 212 g/mol. The predicted octanol–water partition coefficient (Wildman–Crippen LogP) is 0.679. The number of aromatic nitrogens is 2. The van der Waals surface area contributed by atoms with Crippen molar-refractivity contribution in [3.05, 3.63) is 11.7 Å². The predicted molar refractivity (Wildman–Crippen MR) is 52.8 cm³/mol. The highest BCUT2D eigenvalue weighted by Crippen LogP contribution is 2.24. The zero-order valence-corrected chi connectivity index (χ0v) is 9.14. The Morgan fingerprint density at radius 1 is 1.50 bits per heavy atom. The standard InChI is InChI=1S/C10H14N2O4/c1-14-9(13)6-8-11-10(12-16-8)7-2-4-15-5-3-7/h7H,2-6H2,1H3. The SMILES string of the molecule is COC(=O)Cc1nc(C2CCOCC2)no1. The van der Waals surface area contributed by atoms with Gasteiger partial charge in [0.1, 0.15) is 6.42 Å². The summed E-state index contributed by atoms with van der Waals surface area (Å²) in [4.78, 5) is 15.2. The maximum absolute atomic E-state index is 11.0. The minimum Gasteiger partial charge on any atom is -0.469 e. The van der Waals surface area contributed by atoms with Crippen molar-refractivity contribution < 1.29 is 18.8 Å². The summed E-state index contributed by atoms with van der Waals surface area (Å²) in [7, 11) is 1.33. The molecule has 0 saturated carbocycles. The molecule has 0 bridgehead atoms. The van der Waals surface area contributed by atoms with Crippen molar-refractivity contribution in [2.75, 3.05) is 20.3 Å². The summed E-state index contributed by atoms with van der Waals surface area (Å²) < 4.78 is 14.8. The Morgan fingerprint density at radius 3 is 2.94 bits per heavy atom. The lowest BCUT2D eigenvalue weighted by molar-refractivity contribution is -0.140. The first-order chi connectivity index (χ1) is 7.79. The van der Waals surface area contributed by atoms with Crippen LogP contribution in [0.1, 0.15) is 30.5 Å². The molecule has 0 radical (unpaired) electrons. The Kier molecular flexibility index (Phi) is 3.51. The number of rotatable bonds is 3. The Labute approximate surface area is 92.9 Å². The first-order valence-corrected chi connectivity index (χ1v) is 5.26. The van der Waals surface area contributed by atoms with Crippen LogP contribution in [0.4, 0.5) is 0 Å². The van der Waals surface area contributed by atoms with Crippen molar-refractivity contribution in [1.29, 1.82) is 0 Å². The summed E-state index contributed by atoms with van der Waals surface area (Å²) in [6.07, 6.45) is 1.83. The molecule has 6 heteroatoms. The minimum absolute atomic E-state index is 0.0344. The van der Waals surface area contributed by atoms with E-state index in [1.807, 2.05) is 0 Å². The highest BCUT2D eigenvalue weighted by molar-refractivity contribution is 5.71. The van der Waals surface area contributed by atoms with Gasteiger partial charge in [-0.1, -0.05) is 5.16 Å². The molecule has 1 aromatic heterocycles. The molecule has 0 aromatic carbocycles. The van der Waals surface area contributed by atoms with E-state index in [9.17, 15) is 4.79 Å². The van der Waals surface area contributed by atoms with Crippen LogP contribution in [0.2, 0.25) is 0 Å². The molecule has 1 aliphatic heterocycles. The molecule has 0 atom stereocenters. The van der Waals surface area contributed by atoms with Crippen molar-refractivity contribution >= 4 is 5.97 Å². The summed E-state index contributed by atoms with van der Waals surface area (Å²) in [6.45, 7) is 1.46. The van der Waals surface area contributed by atoms with E-state index in [2.05, 4.69) is 14.9 Å². The highest BCUT2D eigenvalue weighted by Gasteiger charge is 2.22. The average Bonchev–Trinajstić information content (AvgIpc) is 2.78.